The third-order valence-electron chi connectivity index (χ3n) is 5.23. The quantitative estimate of drug-likeness (QED) is 0.284. The summed E-state index contributed by atoms with van der Waals surface area (Å²) in [5.41, 5.74) is 2.96. The predicted molar refractivity (Wildman–Crippen MR) is 101 cm³/mol. The normalized spacial score (nSPS) is 18.6. The second kappa shape index (κ2) is 8.82. The van der Waals surface area contributed by atoms with Gasteiger partial charge < -0.3 is 0 Å². The number of aliphatic imine (C=N–C) groups is 1. The number of hydrogen-bond acceptors (Lipinski definition) is 2. The van der Waals surface area contributed by atoms with Crippen LogP contribution in [0.5, 0.6) is 0 Å². The molecular weight excluding hydrogens is 306 g/mol. The van der Waals surface area contributed by atoms with Gasteiger partial charge in [-0.15, -0.1) is 0 Å². The Hall–Kier alpha value is -0.890. The zero-order chi connectivity index (χ0) is 17.6. The molecule has 1 fully saturated rings. The molecule has 0 aromatic heterocycles. The van der Waals surface area contributed by atoms with Gasteiger partial charge in [-0.2, -0.15) is 0 Å². The van der Waals surface area contributed by atoms with E-state index in [4.69, 9.17) is 11.6 Å². The number of hydrogen-bond donors (Lipinski definition) is 0. The molecule has 0 spiro atoms. The van der Waals surface area contributed by atoms with E-state index >= 15 is 0 Å². The lowest BCUT2D eigenvalue weighted by atomic mass is 9.74. The molecular formula is C20H32ClNO. The first-order valence-electron chi connectivity index (χ1n) is 8.89. The number of carbonyl (C=O) groups is 1. The van der Waals surface area contributed by atoms with Crippen LogP contribution in [0.4, 0.5) is 0 Å². The van der Waals surface area contributed by atoms with E-state index in [1.165, 1.54) is 0 Å². The summed E-state index contributed by atoms with van der Waals surface area (Å²) in [6.07, 6.45) is 7.92. The number of halogens is 1. The highest BCUT2D eigenvalue weighted by molar-refractivity contribution is 6.30. The summed E-state index contributed by atoms with van der Waals surface area (Å²) in [6, 6.07) is 0. The third-order valence-corrected chi connectivity index (χ3v) is 5.65. The first kappa shape index (κ1) is 20.2. The summed E-state index contributed by atoms with van der Waals surface area (Å²) in [5, 5.41) is 0.507. The molecule has 0 aromatic carbocycles. The molecule has 0 radical (unpaired) electrons. The van der Waals surface area contributed by atoms with E-state index in [1.807, 2.05) is 6.92 Å². The van der Waals surface area contributed by atoms with Crippen LogP contribution in [0.15, 0.2) is 26.9 Å². The smallest absolute Gasteiger partial charge is 0.167 e. The highest BCUT2D eigenvalue weighted by Crippen LogP contribution is 2.36. The van der Waals surface area contributed by atoms with Crippen LogP contribution in [-0.4, -0.2) is 12.0 Å². The molecule has 1 aliphatic rings. The average molecular weight is 338 g/mol. The summed E-state index contributed by atoms with van der Waals surface area (Å²) in [5.74, 6) is 0.430. The lowest BCUT2D eigenvalue weighted by Gasteiger charge is -2.30. The van der Waals surface area contributed by atoms with Gasteiger partial charge in [-0.1, -0.05) is 57.7 Å². The Balaban J connectivity index is 3.21. The summed E-state index contributed by atoms with van der Waals surface area (Å²) in [6.45, 7) is 12.7. The second-order valence-electron chi connectivity index (χ2n) is 7.35. The van der Waals surface area contributed by atoms with Crippen molar-refractivity contribution < 1.29 is 4.79 Å². The van der Waals surface area contributed by atoms with Crippen molar-refractivity contribution in [1.82, 2.24) is 0 Å². The molecule has 23 heavy (non-hydrogen) atoms. The minimum atomic E-state index is 0.00546. The number of carbonyl (C=O) groups excluding carboxylic acids is 1. The van der Waals surface area contributed by atoms with Crippen molar-refractivity contribution in [3.05, 3.63) is 21.9 Å². The summed E-state index contributed by atoms with van der Waals surface area (Å²) in [4.78, 5) is 17.3. The molecule has 3 heteroatoms. The summed E-state index contributed by atoms with van der Waals surface area (Å²) < 4.78 is 0. The fraction of sp³-hybridized carbons (Fsp3) is 0.700. The average Bonchev–Trinajstić information content (AvgIpc) is 2.44. The van der Waals surface area contributed by atoms with Crippen molar-refractivity contribution in [2.24, 2.45) is 16.3 Å². The maximum atomic E-state index is 12.9. The van der Waals surface area contributed by atoms with Crippen LogP contribution < -0.4 is 0 Å². The van der Waals surface area contributed by atoms with Crippen LogP contribution in [0, 0.1) is 11.3 Å². The van der Waals surface area contributed by atoms with Crippen LogP contribution in [0.25, 0.3) is 0 Å². The van der Waals surface area contributed by atoms with Gasteiger partial charge >= 0.3 is 0 Å². The minimum absolute atomic E-state index is 0.00546. The molecule has 0 aliphatic heterocycles. The van der Waals surface area contributed by atoms with Crippen molar-refractivity contribution in [1.29, 1.82) is 0 Å². The Bertz CT molecular complexity index is 522. The Labute approximate surface area is 147 Å². The maximum absolute atomic E-state index is 12.9. The predicted octanol–water partition coefficient (Wildman–Crippen LogP) is 6.45. The second-order valence-corrected chi connectivity index (χ2v) is 7.71. The summed E-state index contributed by atoms with van der Waals surface area (Å²) in [7, 11) is 0. The van der Waals surface area contributed by atoms with Crippen LogP contribution in [0.3, 0.4) is 0 Å². The van der Waals surface area contributed by atoms with Crippen molar-refractivity contribution in [2.45, 2.75) is 80.1 Å². The Morgan fingerprint density at radius 1 is 1.26 bits per heavy atom. The molecule has 0 aromatic rings. The molecule has 0 bridgehead atoms. The van der Waals surface area contributed by atoms with Crippen molar-refractivity contribution in [3.8, 4) is 0 Å². The molecule has 0 atom stereocenters. The molecule has 0 amide bonds. The fourth-order valence-electron chi connectivity index (χ4n) is 2.79. The molecule has 2 nitrogen and oxygen atoms in total. The molecule has 1 saturated carbocycles. The number of Topliss-reactive ketones (excluding diaryl/α,β-unsaturated/α-hetero) is 1. The van der Waals surface area contributed by atoms with Crippen LogP contribution in [0.2, 0.25) is 0 Å². The van der Waals surface area contributed by atoms with Gasteiger partial charge in [-0.05, 0) is 50.5 Å². The van der Waals surface area contributed by atoms with Crippen molar-refractivity contribution >= 4 is 23.6 Å². The standard InChI is InChI=1S/C20H32ClNO/c1-7-12-20(5,6)15(4)17(18(23)16-10-9-11-16)13-22-19(21)14(3)8-2/h13,16H,7-12H2,1-6H3/b17-15-,19-14+,22-13-. The Morgan fingerprint density at radius 2 is 1.87 bits per heavy atom. The molecule has 0 saturated heterocycles. The largest absolute Gasteiger partial charge is 0.294 e. The molecule has 1 aliphatic carbocycles. The SMILES string of the molecule is CCCC(C)(C)/C(C)=C(/C=N\C(Cl)=C(/C)CC)C(=O)C1CCC1. The number of rotatable bonds is 8. The lowest BCUT2D eigenvalue weighted by molar-refractivity contribution is -0.121. The number of allylic oxidation sites excluding steroid dienone is 3. The first-order chi connectivity index (χ1) is 10.7. The van der Waals surface area contributed by atoms with Gasteiger partial charge in [0.25, 0.3) is 0 Å². The highest BCUT2D eigenvalue weighted by atomic mass is 35.5. The lowest BCUT2D eigenvalue weighted by Crippen LogP contribution is -2.27. The summed E-state index contributed by atoms with van der Waals surface area (Å²) >= 11 is 6.24. The van der Waals surface area contributed by atoms with E-state index in [9.17, 15) is 4.79 Å². The molecule has 0 heterocycles. The van der Waals surface area contributed by atoms with E-state index in [-0.39, 0.29) is 17.1 Å². The monoisotopic (exact) mass is 337 g/mol. The zero-order valence-corrected chi connectivity index (χ0v) is 16.4. The van der Waals surface area contributed by atoms with Gasteiger partial charge in [0.05, 0.1) is 0 Å². The van der Waals surface area contributed by atoms with Crippen molar-refractivity contribution in [2.75, 3.05) is 0 Å². The van der Waals surface area contributed by atoms with Gasteiger partial charge in [-0.25, -0.2) is 4.99 Å². The van der Waals surface area contributed by atoms with E-state index < -0.39 is 0 Å². The van der Waals surface area contributed by atoms with Gasteiger partial charge in [-0.3, -0.25) is 4.79 Å². The zero-order valence-electron chi connectivity index (χ0n) is 15.6. The van der Waals surface area contributed by atoms with E-state index in [2.05, 4.69) is 39.6 Å². The number of ketones is 1. The van der Waals surface area contributed by atoms with E-state index in [0.717, 1.165) is 55.2 Å². The molecule has 0 N–H and O–H groups in total. The molecule has 130 valence electrons. The Morgan fingerprint density at radius 3 is 2.30 bits per heavy atom. The Kier molecular flexibility index (Phi) is 7.73. The van der Waals surface area contributed by atoms with Gasteiger partial charge in [0.1, 0.15) is 5.16 Å². The third kappa shape index (κ3) is 5.31. The van der Waals surface area contributed by atoms with E-state index in [1.54, 1.807) is 6.21 Å². The molecule has 0 unspecified atom stereocenters. The van der Waals surface area contributed by atoms with Crippen LogP contribution >= 0.6 is 11.6 Å². The van der Waals surface area contributed by atoms with Crippen LogP contribution in [0.1, 0.15) is 80.1 Å². The highest BCUT2D eigenvalue weighted by Gasteiger charge is 2.31. The van der Waals surface area contributed by atoms with E-state index in [0.29, 0.717) is 5.16 Å². The molecule has 1 rings (SSSR count). The van der Waals surface area contributed by atoms with Gasteiger partial charge in [0.15, 0.2) is 5.78 Å². The van der Waals surface area contributed by atoms with Crippen LogP contribution in [-0.2, 0) is 4.79 Å². The van der Waals surface area contributed by atoms with Gasteiger partial charge in [0, 0.05) is 17.7 Å². The van der Waals surface area contributed by atoms with Crippen molar-refractivity contribution in [3.63, 3.8) is 0 Å². The topological polar surface area (TPSA) is 29.4 Å². The fourth-order valence-corrected chi connectivity index (χ4v) is 2.97. The maximum Gasteiger partial charge on any atom is 0.167 e. The van der Waals surface area contributed by atoms with Gasteiger partial charge in [0.2, 0.25) is 0 Å². The number of nitrogens with zero attached hydrogens (tertiary/aromatic N) is 1. The first-order valence-corrected chi connectivity index (χ1v) is 9.27. The minimum Gasteiger partial charge on any atom is -0.294 e.